The fraction of sp³-hybridized carbons (Fsp3) is 0. The Morgan fingerprint density at radius 1 is 0.810 bits per heavy atom. The normalized spacial score (nSPS) is 11.3. The van der Waals surface area contributed by atoms with Crippen molar-refractivity contribution >= 4 is 39.6 Å². The molecule has 0 bridgehead atoms. The summed E-state index contributed by atoms with van der Waals surface area (Å²) in [6.45, 7) is 0. The van der Waals surface area contributed by atoms with Crippen molar-refractivity contribution in [2.75, 3.05) is 0 Å². The van der Waals surface area contributed by atoms with Crippen LogP contribution in [-0.4, -0.2) is 19.8 Å². The van der Waals surface area contributed by atoms with Crippen LogP contribution in [0.15, 0.2) is 48.5 Å². The second-order valence-electron chi connectivity index (χ2n) is 4.58. The summed E-state index contributed by atoms with van der Waals surface area (Å²) in [7, 11) is 0. The van der Waals surface area contributed by atoms with E-state index in [1.807, 2.05) is 42.5 Å². The van der Waals surface area contributed by atoms with Crippen molar-refractivity contribution in [2.24, 2.45) is 0 Å². The molecule has 0 aliphatic rings. The summed E-state index contributed by atoms with van der Waals surface area (Å²) >= 11 is 12.5. The number of aromatic nitrogens is 4. The molecule has 2 aromatic carbocycles. The lowest BCUT2D eigenvalue weighted by Crippen LogP contribution is -1.97. The maximum Gasteiger partial charge on any atom is 0.186 e. The van der Waals surface area contributed by atoms with Crippen LogP contribution >= 0.6 is 23.2 Å². The Morgan fingerprint density at radius 2 is 1.52 bits per heavy atom. The van der Waals surface area contributed by atoms with E-state index in [-0.39, 0.29) is 0 Å². The van der Waals surface area contributed by atoms with Crippen LogP contribution in [0.25, 0.3) is 27.8 Å². The van der Waals surface area contributed by atoms with Gasteiger partial charge in [-0.25, -0.2) is 0 Å². The van der Waals surface area contributed by atoms with E-state index in [4.69, 9.17) is 23.2 Å². The fourth-order valence-corrected chi connectivity index (χ4v) is 2.81. The summed E-state index contributed by atoms with van der Waals surface area (Å²) in [5.41, 5.74) is 1.43. The highest BCUT2D eigenvalue weighted by molar-refractivity contribution is 6.34. The lowest BCUT2D eigenvalue weighted by molar-refractivity contribution is 0.946. The number of rotatable bonds is 1. The molecule has 4 nitrogen and oxygen atoms in total. The van der Waals surface area contributed by atoms with Crippen molar-refractivity contribution in [3.05, 3.63) is 58.7 Å². The summed E-state index contributed by atoms with van der Waals surface area (Å²) in [6, 6.07) is 15.2. The van der Waals surface area contributed by atoms with Gasteiger partial charge in [0.1, 0.15) is 0 Å². The third kappa shape index (κ3) is 1.87. The van der Waals surface area contributed by atoms with Gasteiger partial charge < -0.3 is 0 Å². The van der Waals surface area contributed by atoms with Crippen molar-refractivity contribution in [3.8, 4) is 11.4 Å². The van der Waals surface area contributed by atoms with Gasteiger partial charge >= 0.3 is 0 Å². The van der Waals surface area contributed by atoms with Crippen LogP contribution in [-0.2, 0) is 0 Å². The Kier molecular flexibility index (Phi) is 2.80. The Hall–Kier alpha value is -2.17. The van der Waals surface area contributed by atoms with Gasteiger partial charge in [-0.05, 0) is 12.1 Å². The molecular formula is C15H8Cl2N4. The lowest BCUT2D eigenvalue weighted by atomic mass is 10.2. The van der Waals surface area contributed by atoms with Gasteiger partial charge in [0.25, 0.3) is 0 Å². The molecule has 6 heteroatoms. The summed E-state index contributed by atoms with van der Waals surface area (Å²) in [5.74, 6) is 0.572. The highest BCUT2D eigenvalue weighted by atomic mass is 35.5. The minimum Gasteiger partial charge on any atom is -0.191 e. The summed E-state index contributed by atoms with van der Waals surface area (Å²) in [5, 5.41) is 15.6. The molecule has 0 N–H and O–H groups in total. The Balaban J connectivity index is 2.12. The van der Waals surface area contributed by atoms with Gasteiger partial charge in [0.15, 0.2) is 16.6 Å². The molecule has 0 amide bonds. The molecule has 0 unspecified atom stereocenters. The Morgan fingerprint density at radius 3 is 2.33 bits per heavy atom. The number of hydrogen-bond acceptors (Lipinski definition) is 3. The van der Waals surface area contributed by atoms with Crippen LogP contribution in [0.3, 0.4) is 0 Å². The van der Waals surface area contributed by atoms with E-state index < -0.39 is 0 Å². The molecule has 0 fully saturated rings. The van der Waals surface area contributed by atoms with E-state index in [0.717, 1.165) is 16.3 Å². The van der Waals surface area contributed by atoms with E-state index in [1.165, 1.54) is 0 Å². The third-order valence-electron chi connectivity index (χ3n) is 3.33. The Labute approximate surface area is 129 Å². The number of halogens is 2. The van der Waals surface area contributed by atoms with Gasteiger partial charge in [-0.2, -0.15) is 9.61 Å². The zero-order valence-corrected chi connectivity index (χ0v) is 12.2. The number of benzene rings is 2. The highest BCUT2D eigenvalue weighted by Crippen LogP contribution is 2.29. The second-order valence-corrected chi connectivity index (χ2v) is 5.34. The summed E-state index contributed by atoms with van der Waals surface area (Å²) in [6.07, 6.45) is 0. The zero-order chi connectivity index (χ0) is 14.4. The maximum absolute atomic E-state index is 6.27. The van der Waals surface area contributed by atoms with E-state index >= 15 is 0 Å². The van der Waals surface area contributed by atoms with Gasteiger partial charge in [0, 0.05) is 16.3 Å². The van der Waals surface area contributed by atoms with Crippen LogP contribution in [0, 0.1) is 0 Å². The molecule has 2 heterocycles. The first-order chi connectivity index (χ1) is 10.3. The molecule has 0 saturated carbocycles. The minimum atomic E-state index is 0.409. The Bertz CT molecular complexity index is 978. The molecule has 0 saturated heterocycles. The first-order valence-corrected chi connectivity index (χ1v) is 7.06. The quantitative estimate of drug-likeness (QED) is 0.527. The fourth-order valence-electron chi connectivity index (χ4n) is 2.35. The van der Waals surface area contributed by atoms with Crippen LogP contribution in [0.2, 0.25) is 10.2 Å². The largest absolute Gasteiger partial charge is 0.191 e. The van der Waals surface area contributed by atoms with Crippen LogP contribution in [0.1, 0.15) is 0 Å². The van der Waals surface area contributed by atoms with Gasteiger partial charge in [0.2, 0.25) is 0 Å². The van der Waals surface area contributed by atoms with E-state index in [2.05, 4.69) is 15.3 Å². The van der Waals surface area contributed by atoms with Crippen LogP contribution in [0.5, 0.6) is 0 Å². The smallest absolute Gasteiger partial charge is 0.186 e. The van der Waals surface area contributed by atoms with E-state index in [0.29, 0.717) is 21.6 Å². The number of fused-ring (bicyclic) bond motifs is 3. The average molecular weight is 315 g/mol. The molecule has 0 aliphatic carbocycles. The molecule has 21 heavy (non-hydrogen) atoms. The third-order valence-corrected chi connectivity index (χ3v) is 3.94. The highest BCUT2D eigenvalue weighted by Gasteiger charge is 2.15. The molecule has 0 radical (unpaired) electrons. The minimum absolute atomic E-state index is 0.409. The summed E-state index contributed by atoms with van der Waals surface area (Å²) in [4.78, 5) is 0. The van der Waals surface area contributed by atoms with Gasteiger partial charge in [-0.3, -0.25) is 0 Å². The molecule has 4 rings (SSSR count). The van der Waals surface area contributed by atoms with Crippen LogP contribution in [0.4, 0.5) is 0 Å². The monoisotopic (exact) mass is 314 g/mol. The molecule has 102 valence electrons. The first-order valence-electron chi connectivity index (χ1n) is 6.30. The van der Waals surface area contributed by atoms with Crippen molar-refractivity contribution < 1.29 is 0 Å². The van der Waals surface area contributed by atoms with Gasteiger partial charge in [-0.15, -0.1) is 10.2 Å². The first kappa shape index (κ1) is 12.6. The molecule has 0 spiro atoms. The molecular weight excluding hydrogens is 307 g/mol. The molecule has 0 atom stereocenters. The molecule has 0 aliphatic heterocycles. The van der Waals surface area contributed by atoms with Gasteiger partial charge in [-0.1, -0.05) is 59.6 Å². The molecule has 4 aromatic rings. The number of hydrogen-bond donors (Lipinski definition) is 0. The topological polar surface area (TPSA) is 43.1 Å². The lowest BCUT2D eigenvalue weighted by Gasteiger charge is -2.04. The standard InChI is InChI=1S/C15H8Cl2N4/c16-12-8-4-3-7-11(12)15-19-18-14-10-6-2-1-5-9(10)13(17)20-21(14)15/h1-8H. The number of nitrogens with zero attached hydrogens (tertiary/aromatic N) is 4. The average Bonchev–Trinajstić information content (AvgIpc) is 2.92. The van der Waals surface area contributed by atoms with E-state index in [1.54, 1.807) is 10.6 Å². The van der Waals surface area contributed by atoms with Crippen LogP contribution < -0.4 is 0 Å². The maximum atomic E-state index is 6.27. The molecule has 2 aromatic heterocycles. The summed E-state index contributed by atoms with van der Waals surface area (Å²) < 4.78 is 1.63. The van der Waals surface area contributed by atoms with Crippen molar-refractivity contribution in [2.45, 2.75) is 0 Å². The predicted octanol–water partition coefficient (Wildman–Crippen LogP) is 4.25. The SMILES string of the molecule is Clc1ccccc1-c1nnc2c3ccccc3c(Cl)nn12. The van der Waals surface area contributed by atoms with Gasteiger partial charge in [0.05, 0.1) is 5.02 Å². The van der Waals surface area contributed by atoms with E-state index in [9.17, 15) is 0 Å². The second kappa shape index (κ2) is 4.69. The zero-order valence-electron chi connectivity index (χ0n) is 10.7. The predicted molar refractivity (Wildman–Crippen MR) is 83.7 cm³/mol. The van der Waals surface area contributed by atoms with Crippen molar-refractivity contribution in [3.63, 3.8) is 0 Å². The van der Waals surface area contributed by atoms with Crippen molar-refractivity contribution in [1.82, 2.24) is 19.8 Å². The van der Waals surface area contributed by atoms with Crippen molar-refractivity contribution in [1.29, 1.82) is 0 Å².